The molecular weight excluding hydrogens is 483 g/mol. The highest BCUT2D eigenvalue weighted by molar-refractivity contribution is 6.09. The highest BCUT2D eigenvalue weighted by Gasteiger charge is 2.12. The maximum atomic E-state index is 13.1. The lowest BCUT2D eigenvalue weighted by molar-refractivity contribution is -0.112. The van der Waals surface area contributed by atoms with Crippen LogP contribution in [0.3, 0.4) is 0 Å². The minimum atomic E-state index is -0.607. The fourth-order valence-electron chi connectivity index (χ4n) is 3.58. The molecule has 4 aromatic rings. The van der Waals surface area contributed by atoms with E-state index in [-0.39, 0.29) is 12.2 Å². The molecule has 0 aliphatic rings. The van der Waals surface area contributed by atoms with Crippen LogP contribution >= 0.6 is 0 Å². The van der Waals surface area contributed by atoms with Crippen molar-refractivity contribution in [1.82, 2.24) is 0 Å². The molecule has 0 aromatic heterocycles. The Hall–Kier alpha value is -5.09. The van der Waals surface area contributed by atoms with Gasteiger partial charge in [0.1, 0.15) is 36.4 Å². The first kappa shape index (κ1) is 26.0. The Balaban J connectivity index is 1.44. The Kier molecular flexibility index (Phi) is 8.72. The molecule has 0 atom stereocenters. The zero-order valence-electron chi connectivity index (χ0n) is 20.7. The van der Waals surface area contributed by atoms with Crippen molar-refractivity contribution in [2.75, 3.05) is 12.4 Å². The minimum absolute atomic E-state index is 0.119. The van der Waals surface area contributed by atoms with E-state index in [1.54, 1.807) is 31.4 Å². The second kappa shape index (κ2) is 12.7. The van der Waals surface area contributed by atoms with Crippen LogP contribution in [0.4, 0.5) is 10.1 Å². The molecule has 0 spiro atoms. The summed E-state index contributed by atoms with van der Waals surface area (Å²) in [6.07, 6.45) is 1.45. The number of carbonyl (C=O) groups excluding carboxylic acids is 1. The first-order valence-electron chi connectivity index (χ1n) is 11.8. The molecule has 4 aromatic carbocycles. The summed E-state index contributed by atoms with van der Waals surface area (Å²) in [5, 5.41) is 12.2. The summed E-state index contributed by atoms with van der Waals surface area (Å²) in [5.41, 5.74) is 2.73. The van der Waals surface area contributed by atoms with Gasteiger partial charge in [0.2, 0.25) is 0 Å². The van der Waals surface area contributed by atoms with Gasteiger partial charge in [-0.1, -0.05) is 54.6 Å². The van der Waals surface area contributed by atoms with Gasteiger partial charge < -0.3 is 19.5 Å². The lowest BCUT2D eigenvalue weighted by atomic mass is 10.1. The summed E-state index contributed by atoms with van der Waals surface area (Å²) in [7, 11) is 1.58. The average molecular weight is 509 g/mol. The van der Waals surface area contributed by atoms with Crippen LogP contribution in [0.2, 0.25) is 0 Å². The Morgan fingerprint density at radius 1 is 0.842 bits per heavy atom. The summed E-state index contributed by atoms with van der Waals surface area (Å²) in [6, 6.07) is 29.7. The third-order valence-electron chi connectivity index (χ3n) is 5.55. The highest BCUT2D eigenvalue weighted by atomic mass is 19.1. The number of para-hydroxylation sites is 1. The molecule has 1 amide bonds. The normalized spacial score (nSPS) is 10.8. The quantitative estimate of drug-likeness (QED) is 0.194. The summed E-state index contributed by atoms with van der Waals surface area (Å²) in [5.74, 6) is 0.675. The van der Waals surface area contributed by atoms with Crippen LogP contribution in [0, 0.1) is 17.1 Å². The van der Waals surface area contributed by atoms with Gasteiger partial charge in [-0.15, -0.1) is 0 Å². The van der Waals surface area contributed by atoms with Gasteiger partial charge >= 0.3 is 0 Å². The number of ether oxygens (including phenoxy) is 3. The van der Waals surface area contributed by atoms with E-state index in [0.717, 1.165) is 11.1 Å². The van der Waals surface area contributed by atoms with E-state index in [2.05, 4.69) is 5.32 Å². The topological polar surface area (TPSA) is 80.6 Å². The molecule has 0 bridgehead atoms. The van der Waals surface area contributed by atoms with E-state index in [4.69, 9.17) is 14.2 Å². The molecule has 0 saturated carbocycles. The van der Waals surface area contributed by atoms with Crippen molar-refractivity contribution in [3.63, 3.8) is 0 Å². The zero-order chi connectivity index (χ0) is 26.7. The van der Waals surface area contributed by atoms with Gasteiger partial charge in [0.25, 0.3) is 5.91 Å². The van der Waals surface area contributed by atoms with Crippen molar-refractivity contribution in [1.29, 1.82) is 5.26 Å². The standard InChI is InChI=1S/C31H25FN2O4/c1-36-30-17-23(11-16-29(30)38-20-22-7-3-2-4-8-22)21-37-28-10-6-5-9-24(28)18-25(19-33)31(35)34-27-14-12-26(32)13-15-27/h2-18H,20-21H2,1H3,(H,34,35)/b25-18+. The number of benzene rings is 4. The minimum Gasteiger partial charge on any atom is -0.493 e. The maximum absolute atomic E-state index is 13.1. The molecule has 4 rings (SSSR count). The third kappa shape index (κ3) is 6.99. The van der Waals surface area contributed by atoms with Crippen LogP contribution in [-0.4, -0.2) is 13.0 Å². The number of nitrogens with one attached hydrogen (secondary N) is 1. The van der Waals surface area contributed by atoms with E-state index in [1.165, 1.54) is 30.3 Å². The number of carbonyl (C=O) groups is 1. The van der Waals surface area contributed by atoms with Crippen molar-refractivity contribution >= 4 is 17.7 Å². The van der Waals surface area contributed by atoms with Gasteiger partial charge in [-0.3, -0.25) is 4.79 Å². The first-order valence-corrected chi connectivity index (χ1v) is 11.8. The summed E-state index contributed by atoms with van der Waals surface area (Å²) < 4.78 is 30.6. The Morgan fingerprint density at radius 2 is 1.53 bits per heavy atom. The predicted octanol–water partition coefficient (Wildman–Crippen LogP) is 6.54. The van der Waals surface area contributed by atoms with Gasteiger partial charge in [-0.05, 0) is 59.7 Å². The molecule has 7 heteroatoms. The molecule has 0 unspecified atom stereocenters. The van der Waals surface area contributed by atoms with Crippen LogP contribution in [0.1, 0.15) is 16.7 Å². The number of amides is 1. The van der Waals surface area contributed by atoms with E-state index in [1.807, 2.05) is 54.6 Å². The molecule has 0 saturated heterocycles. The van der Waals surface area contributed by atoms with Crippen LogP contribution < -0.4 is 19.5 Å². The molecule has 0 aliphatic carbocycles. The number of nitrogens with zero attached hydrogens (tertiary/aromatic N) is 1. The van der Waals surface area contributed by atoms with E-state index in [9.17, 15) is 14.4 Å². The highest BCUT2D eigenvalue weighted by Crippen LogP contribution is 2.30. The first-order chi connectivity index (χ1) is 18.6. The van der Waals surface area contributed by atoms with Crippen molar-refractivity contribution < 1.29 is 23.4 Å². The molecule has 38 heavy (non-hydrogen) atoms. The van der Waals surface area contributed by atoms with Crippen molar-refractivity contribution in [3.05, 3.63) is 125 Å². The Bertz CT molecular complexity index is 1460. The van der Waals surface area contributed by atoms with Crippen molar-refractivity contribution in [3.8, 4) is 23.3 Å². The number of rotatable bonds is 10. The zero-order valence-corrected chi connectivity index (χ0v) is 20.7. The number of hydrogen-bond donors (Lipinski definition) is 1. The SMILES string of the molecule is COc1cc(COc2ccccc2/C=C(\C#N)C(=O)Nc2ccc(F)cc2)ccc1OCc1ccccc1. The fourth-order valence-corrected chi connectivity index (χ4v) is 3.58. The van der Waals surface area contributed by atoms with Crippen LogP contribution in [-0.2, 0) is 18.0 Å². The summed E-state index contributed by atoms with van der Waals surface area (Å²) in [6.45, 7) is 0.645. The largest absolute Gasteiger partial charge is 0.493 e. The van der Waals surface area contributed by atoms with E-state index < -0.39 is 11.7 Å². The maximum Gasteiger partial charge on any atom is 0.266 e. The van der Waals surface area contributed by atoms with Gasteiger partial charge in [-0.2, -0.15) is 5.26 Å². The van der Waals surface area contributed by atoms with Crippen LogP contribution in [0.15, 0.2) is 103 Å². The summed E-state index contributed by atoms with van der Waals surface area (Å²) >= 11 is 0. The number of hydrogen-bond acceptors (Lipinski definition) is 5. The summed E-state index contributed by atoms with van der Waals surface area (Å²) in [4.78, 5) is 12.6. The second-order valence-electron chi connectivity index (χ2n) is 8.22. The molecule has 0 radical (unpaired) electrons. The molecule has 1 N–H and O–H groups in total. The lowest BCUT2D eigenvalue weighted by Gasteiger charge is -2.14. The second-order valence-corrected chi connectivity index (χ2v) is 8.22. The molecule has 0 heterocycles. The Morgan fingerprint density at radius 3 is 2.26 bits per heavy atom. The molecule has 0 fully saturated rings. The number of nitriles is 1. The van der Waals surface area contributed by atoms with Crippen molar-refractivity contribution in [2.24, 2.45) is 0 Å². The molecule has 6 nitrogen and oxygen atoms in total. The van der Waals surface area contributed by atoms with E-state index >= 15 is 0 Å². The van der Waals surface area contributed by atoms with Gasteiger partial charge in [0.15, 0.2) is 11.5 Å². The van der Waals surface area contributed by atoms with Crippen molar-refractivity contribution in [2.45, 2.75) is 13.2 Å². The smallest absolute Gasteiger partial charge is 0.266 e. The Labute approximate surface area is 220 Å². The van der Waals surface area contributed by atoms with Crippen LogP contribution in [0.25, 0.3) is 6.08 Å². The number of anilines is 1. The average Bonchev–Trinajstić information content (AvgIpc) is 2.96. The van der Waals surface area contributed by atoms with E-state index in [0.29, 0.717) is 35.1 Å². The van der Waals surface area contributed by atoms with Gasteiger partial charge in [0, 0.05) is 11.3 Å². The number of methoxy groups -OCH3 is 1. The lowest BCUT2D eigenvalue weighted by Crippen LogP contribution is -2.13. The molecule has 190 valence electrons. The van der Waals surface area contributed by atoms with Gasteiger partial charge in [0.05, 0.1) is 7.11 Å². The fraction of sp³-hybridized carbons (Fsp3) is 0.0968. The molecular formula is C31H25FN2O4. The van der Waals surface area contributed by atoms with Crippen LogP contribution in [0.5, 0.6) is 17.2 Å². The van der Waals surface area contributed by atoms with Gasteiger partial charge in [-0.25, -0.2) is 4.39 Å². The predicted molar refractivity (Wildman–Crippen MR) is 143 cm³/mol. The number of halogens is 1. The third-order valence-corrected chi connectivity index (χ3v) is 5.55. The molecule has 0 aliphatic heterocycles. The monoisotopic (exact) mass is 508 g/mol.